The van der Waals surface area contributed by atoms with Crippen molar-refractivity contribution in [2.24, 2.45) is 0 Å². The van der Waals surface area contributed by atoms with Crippen molar-refractivity contribution in [3.05, 3.63) is 47.5 Å². The van der Waals surface area contributed by atoms with Gasteiger partial charge in [-0.05, 0) is 36.2 Å². The molecule has 0 aliphatic rings. The van der Waals surface area contributed by atoms with Crippen LogP contribution in [0.15, 0.2) is 36.7 Å². The third kappa shape index (κ3) is 3.07. The number of hydrogen-bond donors (Lipinski definition) is 1. The monoisotopic (exact) mass is 249 g/mol. The van der Waals surface area contributed by atoms with Gasteiger partial charge < -0.3 is 9.88 Å². The molecular weight excluding hydrogens is 238 g/mol. The van der Waals surface area contributed by atoms with Crippen LogP contribution in [0.2, 0.25) is 5.28 Å². The Morgan fingerprint density at radius 3 is 3.00 bits per heavy atom. The summed E-state index contributed by atoms with van der Waals surface area (Å²) in [7, 11) is 0. The molecule has 0 aliphatic heterocycles. The number of imidazole rings is 1. The highest BCUT2D eigenvalue weighted by Crippen LogP contribution is 2.10. The van der Waals surface area contributed by atoms with Crippen LogP contribution in [-0.4, -0.2) is 15.5 Å². The van der Waals surface area contributed by atoms with Crippen LogP contribution in [-0.2, 0) is 11.3 Å². The van der Waals surface area contributed by atoms with Gasteiger partial charge in [0.2, 0.25) is 11.2 Å². The van der Waals surface area contributed by atoms with Gasteiger partial charge in [0.1, 0.15) is 6.54 Å². The molecule has 1 heterocycles. The van der Waals surface area contributed by atoms with E-state index < -0.39 is 0 Å². The molecule has 0 fully saturated rings. The fourth-order valence-electron chi connectivity index (χ4n) is 1.51. The number of amides is 1. The number of anilines is 1. The molecule has 0 bridgehead atoms. The standard InChI is InChI=1S/C12H12ClN3O/c1-9-3-2-4-10(7-9)15-11(17)8-16-6-5-14-12(16)13/h2-7H,8H2,1H3,(H,15,17). The van der Waals surface area contributed by atoms with Crippen molar-refractivity contribution in [1.29, 1.82) is 0 Å². The molecule has 1 aromatic carbocycles. The molecule has 0 saturated carbocycles. The first-order valence-corrected chi connectivity index (χ1v) is 5.56. The van der Waals surface area contributed by atoms with Gasteiger partial charge in [-0.1, -0.05) is 12.1 Å². The van der Waals surface area contributed by atoms with E-state index in [9.17, 15) is 4.79 Å². The molecule has 0 spiro atoms. The van der Waals surface area contributed by atoms with Gasteiger partial charge in [-0.3, -0.25) is 4.79 Å². The summed E-state index contributed by atoms with van der Waals surface area (Å²) in [6, 6.07) is 7.63. The van der Waals surface area contributed by atoms with Crippen LogP contribution < -0.4 is 5.32 Å². The molecule has 1 N–H and O–H groups in total. The summed E-state index contributed by atoms with van der Waals surface area (Å²) < 4.78 is 1.58. The Balaban J connectivity index is 2.01. The Hall–Kier alpha value is -1.81. The predicted octanol–water partition coefficient (Wildman–Crippen LogP) is 2.48. The second kappa shape index (κ2) is 5.01. The highest BCUT2D eigenvalue weighted by atomic mass is 35.5. The minimum atomic E-state index is -0.129. The summed E-state index contributed by atoms with van der Waals surface area (Å²) in [5, 5.41) is 3.11. The number of nitrogens with one attached hydrogen (secondary N) is 1. The molecule has 17 heavy (non-hydrogen) atoms. The van der Waals surface area contributed by atoms with E-state index in [0.29, 0.717) is 5.28 Å². The van der Waals surface area contributed by atoms with E-state index in [2.05, 4.69) is 10.3 Å². The number of halogens is 1. The fraction of sp³-hybridized carbons (Fsp3) is 0.167. The quantitative estimate of drug-likeness (QED) is 0.909. The van der Waals surface area contributed by atoms with Crippen LogP contribution in [0.1, 0.15) is 5.56 Å². The zero-order valence-corrected chi connectivity index (χ0v) is 10.1. The summed E-state index contributed by atoms with van der Waals surface area (Å²) in [4.78, 5) is 15.6. The van der Waals surface area contributed by atoms with Crippen molar-refractivity contribution in [3.8, 4) is 0 Å². The van der Waals surface area contributed by atoms with Crippen molar-refractivity contribution in [2.45, 2.75) is 13.5 Å². The average molecular weight is 250 g/mol. The lowest BCUT2D eigenvalue weighted by molar-refractivity contribution is -0.116. The molecule has 2 aromatic rings. The van der Waals surface area contributed by atoms with Crippen molar-refractivity contribution in [1.82, 2.24) is 9.55 Å². The van der Waals surface area contributed by atoms with Gasteiger partial charge in [0, 0.05) is 18.1 Å². The minimum Gasteiger partial charge on any atom is -0.325 e. The van der Waals surface area contributed by atoms with Gasteiger partial charge in [-0.2, -0.15) is 0 Å². The van der Waals surface area contributed by atoms with E-state index in [4.69, 9.17) is 11.6 Å². The highest BCUT2D eigenvalue weighted by Gasteiger charge is 2.06. The Morgan fingerprint density at radius 1 is 1.53 bits per heavy atom. The Kier molecular flexibility index (Phi) is 3.44. The zero-order chi connectivity index (χ0) is 12.3. The average Bonchev–Trinajstić information content (AvgIpc) is 2.64. The van der Waals surface area contributed by atoms with E-state index in [1.54, 1.807) is 17.0 Å². The molecule has 1 amide bonds. The first-order valence-electron chi connectivity index (χ1n) is 5.18. The molecule has 2 rings (SSSR count). The van der Waals surface area contributed by atoms with Gasteiger partial charge in [-0.15, -0.1) is 0 Å². The molecule has 0 radical (unpaired) electrons. The van der Waals surface area contributed by atoms with Crippen LogP contribution in [0.3, 0.4) is 0 Å². The fourth-order valence-corrected chi connectivity index (χ4v) is 1.68. The van der Waals surface area contributed by atoms with Crippen molar-refractivity contribution < 1.29 is 4.79 Å². The van der Waals surface area contributed by atoms with Crippen molar-refractivity contribution >= 4 is 23.2 Å². The summed E-state index contributed by atoms with van der Waals surface area (Å²) in [6.07, 6.45) is 3.22. The maximum absolute atomic E-state index is 11.7. The van der Waals surface area contributed by atoms with Crippen molar-refractivity contribution in [2.75, 3.05) is 5.32 Å². The lowest BCUT2D eigenvalue weighted by Gasteiger charge is -2.07. The molecule has 5 heteroatoms. The number of hydrogen-bond acceptors (Lipinski definition) is 2. The minimum absolute atomic E-state index is 0.129. The first kappa shape index (κ1) is 11.7. The number of nitrogens with zero attached hydrogens (tertiary/aromatic N) is 2. The normalized spacial score (nSPS) is 10.2. The second-order valence-corrected chi connectivity index (χ2v) is 4.08. The first-order chi connectivity index (χ1) is 8.15. The molecular formula is C12H12ClN3O. The van der Waals surface area contributed by atoms with E-state index in [0.717, 1.165) is 11.3 Å². The van der Waals surface area contributed by atoms with Crippen LogP contribution in [0, 0.1) is 6.92 Å². The number of rotatable bonds is 3. The summed E-state index contributed by atoms with van der Waals surface area (Å²) in [5.41, 5.74) is 1.88. The maximum Gasteiger partial charge on any atom is 0.244 e. The number of aromatic nitrogens is 2. The predicted molar refractivity (Wildman–Crippen MR) is 67.0 cm³/mol. The van der Waals surface area contributed by atoms with Crippen LogP contribution >= 0.6 is 11.6 Å². The number of benzene rings is 1. The van der Waals surface area contributed by atoms with E-state index in [-0.39, 0.29) is 12.5 Å². The Bertz CT molecular complexity index is 536. The molecule has 0 unspecified atom stereocenters. The molecule has 4 nitrogen and oxygen atoms in total. The van der Waals surface area contributed by atoms with E-state index in [1.165, 1.54) is 0 Å². The van der Waals surface area contributed by atoms with Crippen LogP contribution in [0.4, 0.5) is 5.69 Å². The lowest BCUT2D eigenvalue weighted by atomic mass is 10.2. The molecule has 1 aromatic heterocycles. The van der Waals surface area contributed by atoms with Crippen molar-refractivity contribution in [3.63, 3.8) is 0 Å². The van der Waals surface area contributed by atoms with Gasteiger partial charge in [0.25, 0.3) is 0 Å². The van der Waals surface area contributed by atoms with Crippen LogP contribution in [0.25, 0.3) is 0 Å². The topological polar surface area (TPSA) is 46.9 Å². The summed E-state index contributed by atoms with van der Waals surface area (Å²) >= 11 is 5.78. The molecule has 0 aliphatic carbocycles. The molecule has 0 atom stereocenters. The summed E-state index contributed by atoms with van der Waals surface area (Å²) in [5.74, 6) is -0.129. The second-order valence-electron chi connectivity index (χ2n) is 3.74. The van der Waals surface area contributed by atoms with Gasteiger partial charge in [0.15, 0.2) is 0 Å². The number of carbonyl (C=O) groups excluding carboxylic acids is 1. The maximum atomic E-state index is 11.7. The number of carbonyl (C=O) groups is 1. The van der Waals surface area contributed by atoms with Gasteiger partial charge in [0.05, 0.1) is 0 Å². The highest BCUT2D eigenvalue weighted by molar-refractivity contribution is 6.28. The molecule has 88 valence electrons. The third-order valence-electron chi connectivity index (χ3n) is 2.28. The lowest BCUT2D eigenvalue weighted by Crippen LogP contribution is -2.18. The van der Waals surface area contributed by atoms with Crippen LogP contribution in [0.5, 0.6) is 0 Å². The Morgan fingerprint density at radius 2 is 2.35 bits per heavy atom. The largest absolute Gasteiger partial charge is 0.325 e. The van der Waals surface area contributed by atoms with Gasteiger partial charge >= 0.3 is 0 Å². The third-order valence-corrected chi connectivity index (χ3v) is 2.60. The zero-order valence-electron chi connectivity index (χ0n) is 9.35. The Labute approximate surface area is 104 Å². The van der Waals surface area contributed by atoms with E-state index >= 15 is 0 Å². The summed E-state index contributed by atoms with van der Waals surface area (Å²) in [6.45, 7) is 2.13. The van der Waals surface area contributed by atoms with Gasteiger partial charge in [-0.25, -0.2) is 4.98 Å². The molecule has 0 saturated heterocycles. The SMILES string of the molecule is Cc1cccc(NC(=O)Cn2ccnc2Cl)c1. The number of aryl methyl sites for hydroxylation is 1. The van der Waals surface area contributed by atoms with E-state index in [1.807, 2.05) is 31.2 Å². The smallest absolute Gasteiger partial charge is 0.244 e.